The van der Waals surface area contributed by atoms with Gasteiger partial charge in [-0.1, -0.05) is 43.7 Å². The van der Waals surface area contributed by atoms with Crippen LogP contribution in [0.4, 0.5) is 5.88 Å². The van der Waals surface area contributed by atoms with Crippen molar-refractivity contribution >= 4 is 17.6 Å². The van der Waals surface area contributed by atoms with Gasteiger partial charge in [0.15, 0.2) is 0 Å². The number of ether oxygens (including phenoxy) is 1. The van der Waals surface area contributed by atoms with Gasteiger partial charge in [0, 0.05) is 19.5 Å². The van der Waals surface area contributed by atoms with Crippen LogP contribution in [0.2, 0.25) is 0 Å². The Bertz CT molecular complexity index is 810. The maximum Gasteiger partial charge on any atom is 0.317 e. The van der Waals surface area contributed by atoms with Crippen LogP contribution < -0.4 is 4.90 Å². The lowest BCUT2D eigenvalue weighted by Crippen LogP contribution is -2.29. The predicted octanol–water partition coefficient (Wildman–Crippen LogP) is 4.42. The lowest BCUT2D eigenvalue weighted by molar-refractivity contribution is -0.146. The minimum atomic E-state index is -0.864. The Morgan fingerprint density at radius 2 is 1.86 bits per heavy atom. The summed E-state index contributed by atoms with van der Waals surface area (Å²) in [5, 5.41) is 0. The molecule has 156 valence electrons. The normalized spacial score (nSPS) is 15.2. The smallest absolute Gasteiger partial charge is 0.317 e. The molecule has 6 heteroatoms. The van der Waals surface area contributed by atoms with Gasteiger partial charge < -0.3 is 14.1 Å². The van der Waals surface area contributed by atoms with Crippen LogP contribution in [-0.4, -0.2) is 36.4 Å². The topological polar surface area (TPSA) is 72.6 Å². The fourth-order valence-corrected chi connectivity index (χ4v) is 3.73. The first-order valence-corrected chi connectivity index (χ1v) is 10.6. The van der Waals surface area contributed by atoms with Gasteiger partial charge in [0.1, 0.15) is 11.6 Å². The Balaban J connectivity index is 1.91. The first kappa shape index (κ1) is 21.1. The number of aromatic nitrogens is 1. The molecule has 1 unspecified atom stereocenters. The Labute approximate surface area is 172 Å². The van der Waals surface area contributed by atoms with E-state index in [0.29, 0.717) is 25.1 Å². The molecule has 0 radical (unpaired) electrons. The average molecular weight is 399 g/mol. The van der Waals surface area contributed by atoms with Crippen molar-refractivity contribution in [2.75, 3.05) is 24.6 Å². The number of piperidine rings is 1. The van der Waals surface area contributed by atoms with Crippen LogP contribution in [0, 0.1) is 5.92 Å². The van der Waals surface area contributed by atoms with Crippen molar-refractivity contribution in [3.63, 3.8) is 0 Å². The fraction of sp³-hybridized carbons (Fsp3) is 0.522. The van der Waals surface area contributed by atoms with E-state index in [9.17, 15) is 9.59 Å². The molecule has 1 aliphatic rings. The number of benzene rings is 1. The minimum Gasteiger partial charge on any atom is -0.465 e. The summed E-state index contributed by atoms with van der Waals surface area (Å²) < 4.78 is 11.1. The number of ketones is 1. The van der Waals surface area contributed by atoms with E-state index >= 15 is 0 Å². The largest absolute Gasteiger partial charge is 0.465 e. The summed E-state index contributed by atoms with van der Waals surface area (Å²) in [4.78, 5) is 32.1. The predicted molar refractivity (Wildman–Crippen MR) is 111 cm³/mol. The van der Waals surface area contributed by atoms with Crippen LogP contribution in [0.15, 0.2) is 34.7 Å². The summed E-state index contributed by atoms with van der Waals surface area (Å²) >= 11 is 0. The van der Waals surface area contributed by atoms with E-state index in [0.717, 1.165) is 37.2 Å². The second-order valence-electron chi connectivity index (χ2n) is 7.44. The first-order chi connectivity index (χ1) is 14.1. The van der Waals surface area contributed by atoms with Gasteiger partial charge in [-0.05, 0) is 38.2 Å². The van der Waals surface area contributed by atoms with E-state index in [4.69, 9.17) is 9.15 Å². The molecular weight excluding hydrogens is 368 g/mol. The highest BCUT2D eigenvalue weighted by Gasteiger charge is 2.33. The number of carbonyl (C=O) groups excluding carboxylic acids is 2. The van der Waals surface area contributed by atoms with Crippen molar-refractivity contribution in [3.8, 4) is 0 Å². The SMILES string of the molecule is CCCC(C(=O)OCC)C(=O)c1nc(Cc2ccccc2)c(N2CCCCC2)o1. The zero-order valence-electron chi connectivity index (χ0n) is 17.4. The van der Waals surface area contributed by atoms with Crippen LogP contribution in [0.3, 0.4) is 0 Å². The number of oxazole rings is 1. The summed E-state index contributed by atoms with van der Waals surface area (Å²) in [5.74, 6) is -1.07. The zero-order valence-corrected chi connectivity index (χ0v) is 17.4. The number of nitrogens with zero attached hydrogens (tertiary/aromatic N) is 2. The van der Waals surface area contributed by atoms with Crippen LogP contribution in [-0.2, 0) is 16.0 Å². The maximum absolute atomic E-state index is 13.1. The van der Waals surface area contributed by atoms with Crippen LogP contribution in [0.25, 0.3) is 0 Å². The number of esters is 1. The molecule has 6 nitrogen and oxygen atoms in total. The van der Waals surface area contributed by atoms with E-state index in [-0.39, 0.29) is 18.3 Å². The molecule has 0 saturated carbocycles. The van der Waals surface area contributed by atoms with E-state index in [1.807, 2.05) is 37.3 Å². The van der Waals surface area contributed by atoms with E-state index in [1.165, 1.54) is 6.42 Å². The van der Waals surface area contributed by atoms with Crippen molar-refractivity contribution < 1.29 is 18.7 Å². The van der Waals surface area contributed by atoms with E-state index in [2.05, 4.69) is 9.88 Å². The molecule has 0 spiro atoms. The summed E-state index contributed by atoms with van der Waals surface area (Å²) in [7, 11) is 0. The van der Waals surface area contributed by atoms with Gasteiger partial charge in [-0.3, -0.25) is 9.59 Å². The molecule has 29 heavy (non-hydrogen) atoms. The third-order valence-electron chi connectivity index (χ3n) is 5.21. The summed E-state index contributed by atoms with van der Waals surface area (Å²) in [6.45, 7) is 5.70. The summed E-state index contributed by atoms with van der Waals surface area (Å²) in [6.07, 6.45) is 5.10. The second kappa shape index (κ2) is 10.2. The maximum atomic E-state index is 13.1. The van der Waals surface area contributed by atoms with Crippen LogP contribution in [0.1, 0.15) is 67.9 Å². The van der Waals surface area contributed by atoms with Crippen molar-refractivity contribution in [2.24, 2.45) is 5.92 Å². The van der Waals surface area contributed by atoms with Gasteiger partial charge in [0.05, 0.1) is 6.61 Å². The molecule has 1 fully saturated rings. The Hall–Kier alpha value is -2.63. The fourth-order valence-electron chi connectivity index (χ4n) is 3.73. The number of carbonyl (C=O) groups is 2. The molecule has 2 aromatic rings. The second-order valence-corrected chi connectivity index (χ2v) is 7.44. The number of hydrogen-bond acceptors (Lipinski definition) is 6. The zero-order chi connectivity index (χ0) is 20.6. The molecule has 1 aromatic heterocycles. The minimum absolute atomic E-state index is 0.0167. The monoisotopic (exact) mass is 398 g/mol. The van der Waals surface area contributed by atoms with Gasteiger partial charge in [0.25, 0.3) is 5.89 Å². The molecule has 1 atom stereocenters. The quantitative estimate of drug-likeness (QED) is 0.354. The third-order valence-corrected chi connectivity index (χ3v) is 5.21. The molecule has 2 heterocycles. The molecule has 0 N–H and O–H groups in total. The number of rotatable bonds is 9. The van der Waals surface area contributed by atoms with Gasteiger partial charge in [-0.2, -0.15) is 0 Å². The van der Waals surface area contributed by atoms with Crippen LogP contribution >= 0.6 is 0 Å². The molecule has 0 bridgehead atoms. The highest BCUT2D eigenvalue weighted by molar-refractivity contribution is 6.06. The van der Waals surface area contributed by atoms with Gasteiger partial charge in [-0.15, -0.1) is 0 Å². The molecule has 0 aliphatic carbocycles. The van der Waals surface area contributed by atoms with Gasteiger partial charge in [0.2, 0.25) is 11.7 Å². The van der Waals surface area contributed by atoms with Crippen molar-refractivity contribution in [3.05, 3.63) is 47.5 Å². The highest BCUT2D eigenvalue weighted by atomic mass is 16.5. The standard InChI is InChI=1S/C23H30N2O4/c1-3-11-18(23(27)28-4-2)20(26)21-24-19(16-17-12-7-5-8-13-17)22(29-21)25-14-9-6-10-15-25/h5,7-8,12-13,18H,3-4,6,9-11,14-16H2,1-2H3. The van der Waals surface area contributed by atoms with Crippen molar-refractivity contribution in [1.29, 1.82) is 0 Å². The lowest BCUT2D eigenvalue weighted by Gasteiger charge is -2.26. The lowest BCUT2D eigenvalue weighted by atomic mass is 9.98. The average Bonchev–Trinajstić information content (AvgIpc) is 3.17. The number of hydrogen-bond donors (Lipinski definition) is 0. The summed E-state index contributed by atoms with van der Waals surface area (Å²) in [6, 6.07) is 10.0. The highest BCUT2D eigenvalue weighted by Crippen LogP contribution is 2.29. The number of Topliss-reactive ketones (excluding diaryl/α,β-unsaturated/α-hetero) is 1. The van der Waals surface area contributed by atoms with Gasteiger partial charge in [-0.25, -0.2) is 4.98 Å². The van der Waals surface area contributed by atoms with Crippen molar-refractivity contribution in [2.45, 2.75) is 52.4 Å². The van der Waals surface area contributed by atoms with Crippen molar-refractivity contribution in [1.82, 2.24) is 4.98 Å². The Morgan fingerprint density at radius 1 is 1.14 bits per heavy atom. The Morgan fingerprint density at radius 3 is 2.52 bits per heavy atom. The molecule has 0 amide bonds. The van der Waals surface area contributed by atoms with Gasteiger partial charge >= 0.3 is 5.97 Å². The third kappa shape index (κ3) is 5.25. The number of anilines is 1. The molecule has 1 aliphatic heterocycles. The molecular formula is C23H30N2O4. The van der Waals surface area contributed by atoms with E-state index in [1.54, 1.807) is 6.92 Å². The summed E-state index contributed by atoms with van der Waals surface area (Å²) in [5.41, 5.74) is 1.86. The van der Waals surface area contributed by atoms with E-state index < -0.39 is 11.9 Å². The molecule has 3 rings (SSSR count). The molecule has 1 saturated heterocycles. The molecule has 1 aromatic carbocycles. The first-order valence-electron chi connectivity index (χ1n) is 10.6. The Kier molecular flexibility index (Phi) is 7.44. The van der Waals surface area contributed by atoms with Crippen LogP contribution in [0.5, 0.6) is 0 Å².